The highest BCUT2D eigenvalue weighted by Crippen LogP contribution is 2.38. The van der Waals surface area contributed by atoms with E-state index in [0.717, 1.165) is 83.7 Å². The summed E-state index contributed by atoms with van der Waals surface area (Å²) in [5, 5.41) is 1.48. The average molecular weight is 1040 g/mol. The van der Waals surface area contributed by atoms with Gasteiger partial charge < -0.3 is 18.9 Å². The molecule has 2 aromatic rings. The second kappa shape index (κ2) is 27.5. The predicted octanol–water partition coefficient (Wildman–Crippen LogP) is 14.1. The predicted molar refractivity (Wildman–Crippen MR) is 221 cm³/mol. The zero-order valence-electron chi connectivity index (χ0n) is 28.2. The van der Waals surface area contributed by atoms with E-state index in [9.17, 15) is 0 Å². The molecular weight excluding hydrogens is 988 g/mol. The lowest BCUT2D eigenvalue weighted by Crippen LogP contribution is -2.24. The Labute approximate surface area is 335 Å². The molecule has 2 aromatic carbocycles. The Bertz CT molecular complexity index is 987. The van der Waals surface area contributed by atoms with E-state index >= 15 is 0 Å². The standard InChI is InChI=1S/C37H54Br6O4/c1-3-5-7-9-11-13-15-17-44-30(24-38)26-46-36-32(40)20-28(21-33(36)41)19-29-22-34(42)37(35(43)23-29)47-27-31(25-39)45-18-16-14-12-10-8-6-4-2/h20-23,30-31H,3-19,24-27H2,1-2H3. The molecule has 47 heavy (non-hydrogen) atoms. The van der Waals surface area contributed by atoms with Crippen LogP contribution >= 0.6 is 95.6 Å². The molecule has 0 aliphatic carbocycles. The van der Waals surface area contributed by atoms with Crippen molar-refractivity contribution in [2.45, 2.75) is 122 Å². The number of rotatable bonds is 28. The molecule has 4 nitrogen and oxygen atoms in total. The lowest BCUT2D eigenvalue weighted by molar-refractivity contribution is 0.0335. The Kier molecular flexibility index (Phi) is 25.7. The van der Waals surface area contributed by atoms with E-state index in [2.05, 4.69) is 134 Å². The summed E-state index contributed by atoms with van der Waals surface area (Å²) < 4.78 is 28.3. The van der Waals surface area contributed by atoms with Crippen LogP contribution in [0.25, 0.3) is 0 Å². The smallest absolute Gasteiger partial charge is 0.147 e. The number of unbranched alkanes of at least 4 members (excludes halogenated alkanes) is 12. The lowest BCUT2D eigenvalue weighted by atomic mass is 10.0. The van der Waals surface area contributed by atoms with Crippen LogP contribution in [-0.2, 0) is 15.9 Å². The summed E-state index contributed by atoms with van der Waals surface area (Å²) in [4.78, 5) is 0. The van der Waals surface area contributed by atoms with Gasteiger partial charge in [-0.25, -0.2) is 0 Å². The molecule has 0 N–H and O–H groups in total. The minimum atomic E-state index is 0.00507. The summed E-state index contributed by atoms with van der Waals surface area (Å²) in [6, 6.07) is 8.49. The molecule has 0 saturated heterocycles. The minimum absolute atomic E-state index is 0.00507. The highest BCUT2D eigenvalue weighted by molar-refractivity contribution is 9.11. The summed E-state index contributed by atoms with van der Waals surface area (Å²) in [6.45, 7) is 7.03. The van der Waals surface area contributed by atoms with Crippen LogP contribution in [0.2, 0.25) is 0 Å². The van der Waals surface area contributed by atoms with Gasteiger partial charge >= 0.3 is 0 Å². The molecule has 2 unspecified atom stereocenters. The topological polar surface area (TPSA) is 36.9 Å². The normalized spacial score (nSPS) is 12.8. The van der Waals surface area contributed by atoms with Gasteiger partial charge in [-0.2, -0.15) is 0 Å². The first-order valence-corrected chi connectivity index (χ1v) is 22.8. The third kappa shape index (κ3) is 18.8. The van der Waals surface area contributed by atoms with E-state index in [1.54, 1.807) is 0 Å². The van der Waals surface area contributed by atoms with Crippen LogP contribution < -0.4 is 9.47 Å². The van der Waals surface area contributed by atoms with E-state index in [1.165, 1.54) is 77.0 Å². The van der Waals surface area contributed by atoms with Crippen molar-refractivity contribution in [3.8, 4) is 11.5 Å². The molecule has 2 rings (SSSR count). The quantitative estimate of drug-likeness (QED) is 0.0629. The summed E-state index contributed by atoms with van der Waals surface area (Å²) >= 11 is 22.1. The van der Waals surface area contributed by atoms with Crippen LogP contribution in [0.5, 0.6) is 11.5 Å². The first-order valence-electron chi connectivity index (χ1n) is 17.4. The van der Waals surface area contributed by atoms with Crippen LogP contribution in [0.4, 0.5) is 0 Å². The number of ether oxygens (including phenoxy) is 4. The summed E-state index contributed by atoms with van der Waals surface area (Å²) in [6.07, 6.45) is 18.6. The van der Waals surface area contributed by atoms with Gasteiger partial charge in [-0.1, -0.05) is 123 Å². The Hall–Kier alpha value is 0.840. The van der Waals surface area contributed by atoms with Gasteiger partial charge in [-0.15, -0.1) is 0 Å². The van der Waals surface area contributed by atoms with E-state index in [0.29, 0.717) is 13.2 Å². The molecule has 0 fully saturated rings. The maximum atomic E-state index is 6.22. The molecule has 0 aliphatic rings. The number of hydrogen-bond acceptors (Lipinski definition) is 4. The first kappa shape index (κ1) is 44.0. The monoisotopic (exact) mass is 1040 g/mol. The van der Waals surface area contributed by atoms with Crippen LogP contribution in [-0.4, -0.2) is 49.3 Å². The highest BCUT2D eigenvalue weighted by atomic mass is 79.9. The van der Waals surface area contributed by atoms with Gasteiger partial charge in [-0.3, -0.25) is 0 Å². The lowest BCUT2D eigenvalue weighted by Gasteiger charge is -2.19. The van der Waals surface area contributed by atoms with Crippen molar-refractivity contribution in [3.05, 3.63) is 53.3 Å². The molecule has 0 spiro atoms. The van der Waals surface area contributed by atoms with Crippen molar-refractivity contribution < 1.29 is 18.9 Å². The SMILES string of the molecule is CCCCCCCCCOC(CBr)COc1c(Br)cc(Cc2cc(Br)c(OCC(CBr)OCCCCCCCCC)c(Br)c2)cc1Br. The van der Waals surface area contributed by atoms with Gasteiger partial charge in [0, 0.05) is 23.9 Å². The summed E-state index contributed by atoms with van der Waals surface area (Å²) in [7, 11) is 0. The van der Waals surface area contributed by atoms with Crippen LogP contribution in [0.3, 0.4) is 0 Å². The molecule has 0 aromatic heterocycles. The highest BCUT2D eigenvalue weighted by Gasteiger charge is 2.16. The van der Waals surface area contributed by atoms with Gasteiger partial charge in [0.15, 0.2) is 0 Å². The van der Waals surface area contributed by atoms with Crippen molar-refractivity contribution in [2.24, 2.45) is 0 Å². The van der Waals surface area contributed by atoms with Crippen molar-refractivity contribution in [3.63, 3.8) is 0 Å². The number of benzene rings is 2. The maximum absolute atomic E-state index is 6.22. The Morgan fingerprint density at radius 2 is 0.809 bits per heavy atom. The fourth-order valence-electron chi connectivity index (χ4n) is 5.19. The van der Waals surface area contributed by atoms with Crippen LogP contribution in [0, 0.1) is 0 Å². The summed E-state index contributed by atoms with van der Waals surface area (Å²) in [5.41, 5.74) is 2.32. The Balaban J connectivity index is 1.83. The second-order valence-corrected chi connectivity index (χ2v) is 16.8. The molecule has 0 amide bonds. The molecule has 2 atom stereocenters. The van der Waals surface area contributed by atoms with E-state index in [-0.39, 0.29) is 12.2 Å². The Morgan fingerprint density at radius 1 is 0.489 bits per heavy atom. The third-order valence-corrected chi connectivity index (χ3v) is 11.7. The second-order valence-electron chi connectivity index (χ2n) is 12.1. The molecule has 10 heteroatoms. The molecule has 0 saturated carbocycles. The molecule has 0 heterocycles. The van der Waals surface area contributed by atoms with Gasteiger partial charge in [0.05, 0.1) is 17.9 Å². The van der Waals surface area contributed by atoms with Gasteiger partial charge in [0.25, 0.3) is 0 Å². The minimum Gasteiger partial charge on any atom is -0.488 e. The zero-order valence-corrected chi connectivity index (χ0v) is 37.7. The molecule has 0 aliphatic heterocycles. The third-order valence-electron chi connectivity index (χ3n) is 7.90. The van der Waals surface area contributed by atoms with E-state index < -0.39 is 0 Å². The van der Waals surface area contributed by atoms with Gasteiger partial charge in [-0.05, 0) is 118 Å². The van der Waals surface area contributed by atoms with E-state index in [4.69, 9.17) is 18.9 Å². The fourth-order valence-corrected chi connectivity index (χ4v) is 8.95. The maximum Gasteiger partial charge on any atom is 0.147 e. The number of halogens is 6. The van der Waals surface area contributed by atoms with Crippen molar-refractivity contribution in [1.82, 2.24) is 0 Å². The Morgan fingerprint density at radius 3 is 1.13 bits per heavy atom. The largest absolute Gasteiger partial charge is 0.488 e. The van der Waals surface area contributed by atoms with Crippen molar-refractivity contribution in [2.75, 3.05) is 37.1 Å². The fraction of sp³-hybridized carbons (Fsp3) is 0.676. The average Bonchev–Trinajstić information content (AvgIpc) is 3.04. The van der Waals surface area contributed by atoms with Crippen LogP contribution in [0.1, 0.15) is 115 Å². The van der Waals surface area contributed by atoms with Crippen molar-refractivity contribution in [1.29, 1.82) is 0 Å². The number of alkyl halides is 2. The van der Waals surface area contributed by atoms with E-state index in [1.807, 2.05) is 0 Å². The van der Waals surface area contributed by atoms with Gasteiger partial charge in [0.1, 0.15) is 36.9 Å². The molecular formula is C37H54Br6O4. The van der Waals surface area contributed by atoms with Crippen LogP contribution in [0.15, 0.2) is 42.2 Å². The number of hydrogen-bond donors (Lipinski definition) is 0. The first-order chi connectivity index (χ1) is 22.8. The molecule has 268 valence electrons. The van der Waals surface area contributed by atoms with Crippen molar-refractivity contribution >= 4 is 95.6 Å². The zero-order chi connectivity index (χ0) is 34.3. The summed E-state index contributed by atoms with van der Waals surface area (Å²) in [5.74, 6) is 1.58. The molecule has 0 radical (unpaired) electrons. The molecule has 0 bridgehead atoms. The van der Waals surface area contributed by atoms with Gasteiger partial charge in [0.2, 0.25) is 0 Å².